The predicted octanol–water partition coefficient (Wildman–Crippen LogP) is 2.71. The number of carbonyl (C=O) groups excluding carboxylic acids is 1. The Bertz CT molecular complexity index is 341. The molecule has 0 saturated carbocycles. The van der Waals surface area contributed by atoms with Crippen molar-refractivity contribution < 1.29 is 9.90 Å². The van der Waals surface area contributed by atoms with E-state index in [0.29, 0.717) is 18.4 Å². The quantitative estimate of drug-likeness (QED) is 0.610. The fourth-order valence-electron chi connectivity index (χ4n) is 1.16. The fraction of sp³-hybridized carbons (Fsp3) is 0.273. The Labute approximate surface area is 88.6 Å². The summed E-state index contributed by atoms with van der Waals surface area (Å²) in [6, 6.07) is 7.35. The van der Waals surface area contributed by atoms with Crippen molar-refractivity contribution >= 4 is 23.1 Å². The first-order chi connectivity index (χ1) is 6.59. The van der Waals surface area contributed by atoms with E-state index in [1.54, 1.807) is 12.1 Å². The highest BCUT2D eigenvalue weighted by Gasteiger charge is 1.99. The highest BCUT2D eigenvalue weighted by Crippen LogP contribution is 2.07. The summed E-state index contributed by atoms with van der Waals surface area (Å²) in [5.41, 5.74) is 1.78. The molecule has 0 aliphatic heterocycles. The van der Waals surface area contributed by atoms with Gasteiger partial charge in [0, 0.05) is 12.0 Å². The number of hydrogen-bond acceptors (Lipinski definition) is 2. The first kappa shape index (κ1) is 10.9. The molecule has 0 atom stereocenters. The maximum Gasteiger partial charge on any atom is 0.159 e. The van der Waals surface area contributed by atoms with Crippen LogP contribution in [0.5, 0.6) is 0 Å². The summed E-state index contributed by atoms with van der Waals surface area (Å²) < 4.78 is 0. The zero-order valence-electron chi connectivity index (χ0n) is 7.99. The van der Waals surface area contributed by atoms with E-state index in [-0.39, 0.29) is 10.8 Å². The largest absolute Gasteiger partial charge is 0.502 e. The van der Waals surface area contributed by atoms with Gasteiger partial charge in [-0.15, -0.1) is 0 Å². The number of carbonyl (C=O) groups is 1. The lowest BCUT2D eigenvalue weighted by atomic mass is 10.1. The van der Waals surface area contributed by atoms with E-state index in [1.807, 2.05) is 12.1 Å². The van der Waals surface area contributed by atoms with Gasteiger partial charge in [0.25, 0.3) is 0 Å². The van der Waals surface area contributed by atoms with E-state index >= 15 is 0 Å². The van der Waals surface area contributed by atoms with Gasteiger partial charge >= 0.3 is 0 Å². The van der Waals surface area contributed by atoms with Crippen molar-refractivity contribution in [2.75, 3.05) is 0 Å². The summed E-state index contributed by atoms with van der Waals surface area (Å²) in [7, 11) is 0. The molecule has 1 rings (SSSR count). The third kappa shape index (κ3) is 3.26. The predicted molar refractivity (Wildman–Crippen MR) is 60.0 cm³/mol. The smallest absolute Gasteiger partial charge is 0.159 e. The molecule has 1 aromatic rings. The van der Waals surface area contributed by atoms with Crippen molar-refractivity contribution in [3.8, 4) is 0 Å². The van der Waals surface area contributed by atoms with Gasteiger partial charge in [-0.1, -0.05) is 24.3 Å². The molecule has 0 fully saturated rings. The van der Waals surface area contributed by atoms with Gasteiger partial charge in [-0.3, -0.25) is 4.79 Å². The number of aliphatic hydroxyl groups excluding tert-OH is 1. The van der Waals surface area contributed by atoms with Crippen LogP contribution in [0.2, 0.25) is 0 Å². The molecule has 0 saturated heterocycles. The molecule has 0 bridgehead atoms. The molecule has 14 heavy (non-hydrogen) atoms. The fourth-order valence-corrected chi connectivity index (χ4v) is 1.26. The molecular weight excluding hydrogens is 196 g/mol. The molecule has 1 aromatic carbocycles. The van der Waals surface area contributed by atoms with E-state index in [9.17, 15) is 4.79 Å². The van der Waals surface area contributed by atoms with Gasteiger partial charge in [0.05, 0.1) is 0 Å². The summed E-state index contributed by atoms with van der Waals surface area (Å²) in [5, 5.41) is 8.86. The van der Waals surface area contributed by atoms with Crippen LogP contribution in [0.25, 0.3) is 0 Å². The van der Waals surface area contributed by atoms with Crippen LogP contribution in [0.3, 0.4) is 0 Å². The maximum atomic E-state index is 11.0. The van der Waals surface area contributed by atoms with Crippen LogP contribution in [0, 0.1) is 0 Å². The lowest BCUT2D eigenvalue weighted by Gasteiger charge is -2.00. The van der Waals surface area contributed by atoms with Gasteiger partial charge in [0.2, 0.25) is 0 Å². The molecule has 0 heterocycles. The van der Waals surface area contributed by atoms with Gasteiger partial charge in [-0.25, -0.2) is 0 Å². The van der Waals surface area contributed by atoms with E-state index in [4.69, 9.17) is 5.11 Å². The normalized spacial score (nSPS) is 9.79. The average molecular weight is 208 g/mol. The number of rotatable bonds is 4. The second kappa shape index (κ2) is 4.86. The van der Waals surface area contributed by atoms with Gasteiger partial charge in [0.15, 0.2) is 10.8 Å². The van der Waals surface area contributed by atoms with E-state index in [0.717, 1.165) is 5.56 Å². The first-order valence-corrected chi connectivity index (χ1v) is 4.82. The van der Waals surface area contributed by atoms with Crippen LogP contribution >= 0.6 is 12.2 Å². The molecule has 0 aliphatic carbocycles. The third-order valence-corrected chi connectivity index (χ3v) is 2.19. The molecular formula is C11H12O2S. The zero-order chi connectivity index (χ0) is 10.6. The van der Waals surface area contributed by atoms with Gasteiger partial charge in [-0.05, 0) is 31.1 Å². The number of aryl methyl sites for hydroxylation is 1. The Kier molecular flexibility index (Phi) is 3.77. The van der Waals surface area contributed by atoms with E-state index < -0.39 is 0 Å². The highest BCUT2D eigenvalue weighted by atomic mass is 32.1. The molecule has 0 unspecified atom stereocenters. The van der Waals surface area contributed by atoms with Crippen LogP contribution in [-0.4, -0.2) is 15.9 Å². The monoisotopic (exact) mass is 208 g/mol. The number of aliphatic hydroxyl groups is 1. The zero-order valence-corrected chi connectivity index (χ0v) is 8.80. The van der Waals surface area contributed by atoms with Gasteiger partial charge in [-0.2, -0.15) is 0 Å². The molecule has 0 aliphatic rings. The topological polar surface area (TPSA) is 37.3 Å². The van der Waals surface area contributed by atoms with Gasteiger partial charge in [0.1, 0.15) is 0 Å². The number of benzene rings is 1. The van der Waals surface area contributed by atoms with Crippen LogP contribution in [0.4, 0.5) is 0 Å². The standard InChI is InChI=1S/C11H12O2S/c1-8(12)10-5-2-9(3-6-10)4-7-11(13)14/h2-3,5-6H,4,7H2,1H3,(H,13,14). The van der Waals surface area contributed by atoms with Crippen LogP contribution in [0.1, 0.15) is 29.3 Å². The van der Waals surface area contributed by atoms with Crippen LogP contribution in [-0.2, 0) is 6.42 Å². The van der Waals surface area contributed by atoms with E-state index in [1.165, 1.54) is 6.92 Å². The van der Waals surface area contributed by atoms with Crippen LogP contribution < -0.4 is 0 Å². The average Bonchev–Trinajstić information content (AvgIpc) is 2.15. The Balaban J connectivity index is 2.64. The van der Waals surface area contributed by atoms with Crippen molar-refractivity contribution in [3.05, 3.63) is 35.4 Å². The Morgan fingerprint density at radius 2 is 1.93 bits per heavy atom. The number of hydrogen-bond donors (Lipinski definition) is 1. The molecule has 74 valence electrons. The summed E-state index contributed by atoms with van der Waals surface area (Å²) in [6.07, 6.45) is 1.21. The van der Waals surface area contributed by atoms with Crippen molar-refractivity contribution in [2.24, 2.45) is 0 Å². The van der Waals surface area contributed by atoms with Crippen molar-refractivity contribution in [1.29, 1.82) is 0 Å². The minimum absolute atomic E-state index is 0.0284. The van der Waals surface area contributed by atoms with Crippen LogP contribution in [0.15, 0.2) is 24.3 Å². The SMILES string of the molecule is CC(=O)c1ccc(CCC(O)=S)cc1. The Morgan fingerprint density at radius 1 is 1.36 bits per heavy atom. The minimum atomic E-state index is 0.0284. The number of Topliss-reactive ketones (excluding diaryl/α,β-unsaturated/α-hetero) is 1. The molecule has 2 nitrogen and oxygen atoms in total. The Morgan fingerprint density at radius 3 is 2.36 bits per heavy atom. The summed E-state index contributed by atoms with van der Waals surface area (Å²) in [4.78, 5) is 11.0. The van der Waals surface area contributed by atoms with Crippen molar-refractivity contribution in [2.45, 2.75) is 19.8 Å². The second-order valence-corrected chi connectivity index (χ2v) is 3.62. The van der Waals surface area contributed by atoms with E-state index in [2.05, 4.69) is 12.2 Å². The molecule has 0 radical (unpaired) electrons. The third-order valence-electron chi connectivity index (χ3n) is 1.99. The molecule has 3 heteroatoms. The van der Waals surface area contributed by atoms with Crippen molar-refractivity contribution in [1.82, 2.24) is 0 Å². The molecule has 0 aromatic heterocycles. The number of thiocarbonyl (C=S) groups is 1. The first-order valence-electron chi connectivity index (χ1n) is 4.41. The molecule has 0 spiro atoms. The summed E-state index contributed by atoms with van der Waals surface area (Å²) in [6.45, 7) is 1.54. The minimum Gasteiger partial charge on any atom is -0.502 e. The lowest BCUT2D eigenvalue weighted by molar-refractivity contribution is 0.101. The highest BCUT2D eigenvalue weighted by molar-refractivity contribution is 7.80. The summed E-state index contributed by atoms with van der Waals surface area (Å²) in [5.74, 6) is 0.0641. The number of ketones is 1. The Hall–Kier alpha value is -1.22. The molecule has 1 N–H and O–H groups in total. The molecule has 0 amide bonds. The lowest BCUT2D eigenvalue weighted by Crippen LogP contribution is -1.96. The van der Waals surface area contributed by atoms with Crippen molar-refractivity contribution in [3.63, 3.8) is 0 Å². The van der Waals surface area contributed by atoms with Gasteiger partial charge < -0.3 is 5.11 Å². The maximum absolute atomic E-state index is 11.0. The second-order valence-electron chi connectivity index (χ2n) is 3.15. The summed E-state index contributed by atoms with van der Waals surface area (Å²) >= 11 is 4.56.